The van der Waals surface area contributed by atoms with Crippen molar-refractivity contribution < 1.29 is 17.1 Å². The Morgan fingerprint density at radius 3 is 1.89 bits per heavy atom. The summed E-state index contributed by atoms with van der Waals surface area (Å²) in [6, 6.07) is 44.0. The van der Waals surface area contributed by atoms with Crippen molar-refractivity contribution in [3.05, 3.63) is 127 Å². The maximum Gasteiger partial charge on any atom is 0 e. The molecule has 0 N–H and O–H groups in total. The molecule has 0 aromatic heterocycles. The Hall–Kier alpha value is -3.21. The van der Waals surface area contributed by atoms with Crippen molar-refractivity contribution in [2.45, 2.75) is 26.2 Å². The Balaban J connectivity index is 0.000000442. The number of rotatable bonds is 4. The summed E-state index contributed by atoms with van der Waals surface area (Å²) < 4.78 is 0. The fourth-order valence-electron chi connectivity index (χ4n) is 5.49. The van der Waals surface area contributed by atoms with E-state index in [1.165, 1.54) is 77.9 Å². The molecule has 0 bridgehead atoms. The van der Waals surface area contributed by atoms with Crippen LogP contribution in [0.5, 0.6) is 0 Å². The van der Waals surface area contributed by atoms with Gasteiger partial charge in [0, 0.05) is 17.1 Å². The predicted molar refractivity (Wildman–Crippen MR) is 167 cm³/mol. The maximum absolute atomic E-state index is 2.98. The molecule has 2 heteroatoms. The number of benzene rings is 5. The Kier molecular flexibility index (Phi) is 8.11. The van der Waals surface area contributed by atoms with Crippen molar-refractivity contribution in [1.29, 1.82) is 0 Å². The van der Waals surface area contributed by atoms with E-state index in [4.69, 9.17) is 0 Å². The molecular formula is C36H31FeP-6. The average Bonchev–Trinajstić information content (AvgIpc) is 3.66. The van der Waals surface area contributed by atoms with Gasteiger partial charge in [-0.1, -0.05) is 97.0 Å². The monoisotopic (exact) mass is 550 g/mol. The molecule has 0 spiro atoms. The summed E-state index contributed by atoms with van der Waals surface area (Å²) in [5.41, 5.74) is 4.22. The van der Waals surface area contributed by atoms with Crippen LogP contribution in [0.4, 0.5) is 0 Å². The summed E-state index contributed by atoms with van der Waals surface area (Å²) in [6.45, 7) is 2.27. The number of hydrogen-bond acceptors (Lipinski definition) is 0. The smallest absolute Gasteiger partial charge is 0 e. The molecule has 38 heavy (non-hydrogen) atoms. The van der Waals surface area contributed by atoms with E-state index in [9.17, 15) is 0 Å². The standard InChI is InChI=1S/C31H26P.C5H5.Fe/c1-2-3-7-20-10-6-11-26(20)31-29-19-28-24(17-25(29)14-15-30(31)32)13-12-23-16-21-8-4-5-9-22(21)18-27(23)28;1-2-4-5-3-1;/h4-6,8-19H,2-3,7,32H2,1H3;1-5H;/q-1;-5;. The van der Waals surface area contributed by atoms with Crippen LogP contribution in [0.3, 0.4) is 0 Å². The van der Waals surface area contributed by atoms with Crippen LogP contribution in [-0.4, -0.2) is 0 Å². The largest absolute Gasteiger partial charge is 0.748 e. The van der Waals surface area contributed by atoms with E-state index in [1.54, 1.807) is 0 Å². The molecular weight excluding hydrogens is 519 g/mol. The molecule has 0 aliphatic heterocycles. The maximum atomic E-state index is 2.98. The number of hydrogen-bond donors (Lipinski definition) is 0. The third-order valence-electron chi connectivity index (χ3n) is 7.40. The molecule has 7 rings (SSSR count). The molecule has 0 aliphatic rings. The third kappa shape index (κ3) is 5.08. The predicted octanol–water partition coefficient (Wildman–Crippen LogP) is 9.93. The van der Waals surface area contributed by atoms with Crippen LogP contribution in [-0.2, 0) is 23.5 Å². The van der Waals surface area contributed by atoms with Gasteiger partial charge in [0.2, 0.25) is 0 Å². The van der Waals surface area contributed by atoms with Crippen LogP contribution in [0, 0.1) is 0 Å². The molecule has 0 aliphatic carbocycles. The van der Waals surface area contributed by atoms with Crippen molar-refractivity contribution in [2.75, 3.05) is 0 Å². The fourth-order valence-corrected chi connectivity index (χ4v) is 5.90. The molecule has 1 atom stereocenters. The molecule has 1 unspecified atom stereocenters. The SMILES string of the molecule is CCCC[c-]1cccc1-c1c(P)ccc2cc3ccc4cc5ccccc5cc4c3cc12.[Fe].[cH-]1[cH-][cH-][cH-][cH-]1. The second kappa shape index (κ2) is 11.7. The van der Waals surface area contributed by atoms with Crippen molar-refractivity contribution >= 4 is 57.6 Å². The average molecular weight is 550 g/mol. The van der Waals surface area contributed by atoms with E-state index < -0.39 is 0 Å². The van der Waals surface area contributed by atoms with Crippen LogP contribution >= 0.6 is 9.24 Å². The summed E-state index contributed by atoms with van der Waals surface area (Å²) in [7, 11) is 2.98. The Bertz CT molecular complexity index is 1800. The van der Waals surface area contributed by atoms with Gasteiger partial charge in [0.05, 0.1) is 0 Å². The van der Waals surface area contributed by atoms with Crippen LogP contribution in [0.1, 0.15) is 25.3 Å². The second-order valence-corrected chi connectivity index (χ2v) is 10.5. The van der Waals surface area contributed by atoms with Gasteiger partial charge in [-0.15, -0.1) is 20.4 Å². The fraction of sp³-hybridized carbons (Fsp3) is 0.111. The first kappa shape index (κ1) is 26.4. The molecule has 194 valence electrons. The Morgan fingerprint density at radius 2 is 1.21 bits per heavy atom. The molecule has 0 heterocycles. The van der Waals surface area contributed by atoms with Crippen molar-refractivity contribution in [3.8, 4) is 11.1 Å². The van der Waals surface area contributed by atoms with Gasteiger partial charge < -0.3 is 30.3 Å². The molecule has 7 aromatic rings. The van der Waals surface area contributed by atoms with Gasteiger partial charge in [-0.25, -0.2) is 0 Å². The first-order chi connectivity index (χ1) is 18.2. The zero-order valence-electron chi connectivity index (χ0n) is 21.6. The summed E-state index contributed by atoms with van der Waals surface area (Å²) in [6.07, 6.45) is 3.59. The first-order valence-electron chi connectivity index (χ1n) is 13.2. The molecule has 0 saturated heterocycles. The van der Waals surface area contributed by atoms with E-state index in [0.717, 1.165) is 6.42 Å². The van der Waals surface area contributed by atoms with Gasteiger partial charge >= 0.3 is 0 Å². The van der Waals surface area contributed by atoms with Crippen LogP contribution in [0.25, 0.3) is 54.2 Å². The number of fused-ring (bicyclic) bond motifs is 5. The minimum Gasteiger partial charge on any atom is -0.748 e. The number of aryl methyl sites for hydroxylation is 1. The first-order valence-corrected chi connectivity index (χ1v) is 13.8. The van der Waals surface area contributed by atoms with Crippen LogP contribution in [0.15, 0.2) is 121 Å². The van der Waals surface area contributed by atoms with E-state index in [2.05, 4.69) is 107 Å². The van der Waals surface area contributed by atoms with Crippen molar-refractivity contribution in [1.82, 2.24) is 0 Å². The zero-order valence-corrected chi connectivity index (χ0v) is 23.9. The van der Waals surface area contributed by atoms with Gasteiger partial charge in [0.1, 0.15) is 0 Å². The molecule has 0 saturated carbocycles. The zero-order chi connectivity index (χ0) is 25.2. The van der Waals surface area contributed by atoms with Crippen molar-refractivity contribution in [2.24, 2.45) is 0 Å². The van der Waals surface area contributed by atoms with E-state index in [0.29, 0.717) is 0 Å². The van der Waals surface area contributed by atoms with E-state index in [1.807, 2.05) is 30.3 Å². The number of unbranched alkanes of at least 4 members (excludes halogenated alkanes) is 1. The van der Waals surface area contributed by atoms with Gasteiger partial charge in [0.25, 0.3) is 0 Å². The molecule has 0 amide bonds. The minimum atomic E-state index is 0. The van der Waals surface area contributed by atoms with Gasteiger partial charge in [0.15, 0.2) is 0 Å². The van der Waals surface area contributed by atoms with Gasteiger partial charge in [-0.3, -0.25) is 0 Å². The molecule has 7 aromatic carbocycles. The topological polar surface area (TPSA) is 0 Å². The Morgan fingerprint density at radius 1 is 0.632 bits per heavy atom. The van der Waals surface area contributed by atoms with E-state index in [-0.39, 0.29) is 17.1 Å². The van der Waals surface area contributed by atoms with Gasteiger partial charge in [-0.05, 0) is 55.9 Å². The Labute approximate surface area is 238 Å². The van der Waals surface area contributed by atoms with Crippen LogP contribution < -0.4 is 5.30 Å². The molecule has 0 radical (unpaired) electrons. The van der Waals surface area contributed by atoms with Gasteiger partial charge in [-0.2, -0.15) is 18.2 Å². The normalized spacial score (nSPS) is 11.0. The third-order valence-corrected chi connectivity index (χ3v) is 7.88. The van der Waals surface area contributed by atoms with Crippen LogP contribution in [0.2, 0.25) is 0 Å². The summed E-state index contributed by atoms with van der Waals surface area (Å²) in [5, 5.41) is 11.8. The molecule has 0 nitrogen and oxygen atoms in total. The minimum absolute atomic E-state index is 0. The summed E-state index contributed by atoms with van der Waals surface area (Å²) >= 11 is 0. The second-order valence-electron chi connectivity index (χ2n) is 9.84. The molecule has 0 fully saturated rings. The van der Waals surface area contributed by atoms with E-state index >= 15 is 0 Å². The van der Waals surface area contributed by atoms with Crippen molar-refractivity contribution in [3.63, 3.8) is 0 Å². The quantitative estimate of drug-likeness (QED) is 0.0673. The summed E-state index contributed by atoms with van der Waals surface area (Å²) in [5.74, 6) is 0. The summed E-state index contributed by atoms with van der Waals surface area (Å²) in [4.78, 5) is 0.